The van der Waals surface area contributed by atoms with Gasteiger partial charge in [0.05, 0.1) is 24.9 Å². The number of anilines is 1. The molecule has 2 N–H and O–H groups in total. The Morgan fingerprint density at radius 3 is 2.27 bits per heavy atom. The third-order valence-corrected chi connectivity index (χ3v) is 6.35. The molecule has 1 aliphatic heterocycles. The number of aromatic nitrogens is 4. The van der Waals surface area contributed by atoms with Gasteiger partial charge in [-0.25, -0.2) is 9.97 Å². The zero-order valence-electron chi connectivity index (χ0n) is 18.0. The topological polar surface area (TPSA) is 63.8 Å². The number of hydrogen-bond donors (Lipinski definition) is 2. The number of benzene rings is 2. The molecule has 0 spiro atoms. The van der Waals surface area contributed by atoms with Crippen molar-refractivity contribution in [2.24, 2.45) is 0 Å². The average molecular weight is 550 g/mol. The molecule has 174 valence electrons. The predicted octanol–water partition coefficient (Wildman–Crippen LogP) is 5.37. The van der Waals surface area contributed by atoms with Crippen LogP contribution >= 0.6 is 40.7 Å². The van der Waals surface area contributed by atoms with Gasteiger partial charge in [-0.1, -0.05) is 46.3 Å². The van der Waals surface area contributed by atoms with Gasteiger partial charge in [-0.15, -0.1) is 24.8 Å². The number of imidazole rings is 2. The minimum absolute atomic E-state index is 0. The van der Waals surface area contributed by atoms with Crippen LogP contribution in [-0.2, 0) is 26.1 Å². The first-order chi connectivity index (χ1) is 15.2. The molecule has 0 radical (unpaired) electrons. The zero-order chi connectivity index (χ0) is 21.0. The molecule has 1 unspecified atom stereocenters. The standard InChI is InChI=1S/C24H25BrN6.2ClH/c25-20-6-7-24-19(9-20)12-30(13-21-10-26-16-28-21)23(8-18-4-2-1-3-5-18)15-31(24)14-22-11-27-17-29-22;;/h1-7,9-11,16-17,23H,8,12-15H2,(H,26,28)(H,27,29);2*1H. The van der Waals surface area contributed by atoms with Gasteiger partial charge in [-0.05, 0) is 35.7 Å². The molecule has 5 rings (SSSR count). The fraction of sp³-hybridized carbons (Fsp3) is 0.250. The molecule has 33 heavy (non-hydrogen) atoms. The van der Waals surface area contributed by atoms with Crippen molar-refractivity contribution in [3.05, 3.63) is 101 Å². The average Bonchev–Trinajstić information content (AvgIpc) is 3.45. The summed E-state index contributed by atoms with van der Waals surface area (Å²) in [5.41, 5.74) is 6.22. The van der Waals surface area contributed by atoms with Crippen LogP contribution in [0.3, 0.4) is 0 Å². The molecule has 0 fully saturated rings. The first-order valence-electron chi connectivity index (χ1n) is 10.5. The summed E-state index contributed by atoms with van der Waals surface area (Å²) < 4.78 is 1.11. The van der Waals surface area contributed by atoms with Gasteiger partial charge in [0.2, 0.25) is 0 Å². The van der Waals surface area contributed by atoms with E-state index in [4.69, 9.17) is 0 Å². The fourth-order valence-electron chi connectivity index (χ4n) is 4.39. The predicted molar refractivity (Wildman–Crippen MR) is 140 cm³/mol. The summed E-state index contributed by atoms with van der Waals surface area (Å²) in [6.45, 7) is 3.45. The van der Waals surface area contributed by atoms with Gasteiger partial charge in [0.1, 0.15) is 0 Å². The minimum atomic E-state index is 0. The van der Waals surface area contributed by atoms with Crippen molar-refractivity contribution >= 4 is 46.4 Å². The Morgan fingerprint density at radius 1 is 0.909 bits per heavy atom. The van der Waals surface area contributed by atoms with Crippen molar-refractivity contribution in [3.8, 4) is 0 Å². The monoisotopic (exact) mass is 548 g/mol. The minimum Gasteiger partial charge on any atom is -0.364 e. The molecule has 0 bridgehead atoms. The first-order valence-corrected chi connectivity index (χ1v) is 11.3. The summed E-state index contributed by atoms with van der Waals surface area (Å²) in [5, 5.41) is 0. The molecule has 0 saturated carbocycles. The molecular weight excluding hydrogens is 523 g/mol. The number of fused-ring (bicyclic) bond motifs is 1. The van der Waals surface area contributed by atoms with E-state index < -0.39 is 0 Å². The second kappa shape index (κ2) is 11.7. The highest BCUT2D eigenvalue weighted by atomic mass is 79.9. The Kier molecular flexibility index (Phi) is 8.97. The van der Waals surface area contributed by atoms with Crippen molar-refractivity contribution in [1.29, 1.82) is 0 Å². The number of hydrogen-bond acceptors (Lipinski definition) is 4. The Labute approximate surface area is 214 Å². The molecule has 9 heteroatoms. The third kappa shape index (κ3) is 6.18. The smallest absolute Gasteiger partial charge is 0.0922 e. The quantitative estimate of drug-likeness (QED) is 0.339. The van der Waals surface area contributed by atoms with E-state index in [0.717, 1.165) is 48.5 Å². The Bertz CT molecular complexity index is 1110. The highest BCUT2D eigenvalue weighted by molar-refractivity contribution is 9.10. The highest BCUT2D eigenvalue weighted by Crippen LogP contribution is 2.32. The molecule has 1 atom stereocenters. The fourth-order valence-corrected chi connectivity index (χ4v) is 4.80. The van der Waals surface area contributed by atoms with Crippen molar-refractivity contribution < 1.29 is 0 Å². The number of H-pyrrole nitrogens is 2. The van der Waals surface area contributed by atoms with Gasteiger partial charge in [-0.3, -0.25) is 4.90 Å². The molecule has 1 aliphatic rings. The maximum Gasteiger partial charge on any atom is 0.0922 e. The normalized spacial score (nSPS) is 15.8. The molecule has 3 heterocycles. The lowest BCUT2D eigenvalue weighted by atomic mass is 10.0. The van der Waals surface area contributed by atoms with E-state index in [0.29, 0.717) is 6.04 Å². The van der Waals surface area contributed by atoms with Gasteiger partial charge in [0.15, 0.2) is 0 Å². The second-order valence-corrected chi connectivity index (χ2v) is 8.97. The summed E-state index contributed by atoms with van der Waals surface area (Å²) in [4.78, 5) is 20.1. The number of halogens is 3. The molecule has 0 saturated heterocycles. The SMILES string of the molecule is Brc1ccc2c(c1)CN(Cc1cnc[nH]1)C(Cc1ccccc1)CN2Cc1cnc[nH]1.Cl.Cl. The van der Waals surface area contributed by atoms with E-state index >= 15 is 0 Å². The largest absolute Gasteiger partial charge is 0.364 e. The summed E-state index contributed by atoms with van der Waals surface area (Å²) in [7, 11) is 0. The van der Waals surface area contributed by atoms with Gasteiger partial charge in [-0.2, -0.15) is 0 Å². The van der Waals surface area contributed by atoms with E-state index in [1.54, 1.807) is 12.7 Å². The van der Waals surface area contributed by atoms with E-state index in [1.807, 2.05) is 12.4 Å². The van der Waals surface area contributed by atoms with Crippen molar-refractivity contribution in [2.45, 2.75) is 32.1 Å². The molecule has 6 nitrogen and oxygen atoms in total. The summed E-state index contributed by atoms with van der Waals surface area (Å²) in [6, 6.07) is 17.7. The van der Waals surface area contributed by atoms with Crippen LogP contribution in [0, 0.1) is 0 Å². The van der Waals surface area contributed by atoms with Crippen molar-refractivity contribution in [3.63, 3.8) is 0 Å². The second-order valence-electron chi connectivity index (χ2n) is 8.06. The Morgan fingerprint density at radius 2 is 1.61 bits per heavy atom. The number of nitrogens with one attached hydrogen (secondary N) is 2. The Balaban J connectivity index is 0.00000153. The van der Waals surface area contributed by atoms with Gasteiger partial charge >= 0.3 is 0 Å². The van der Waals surface area contributed by atoms with Gasteiger partial charge in [0, 0.05) is 53.9 Å². The summed E-state index contributed by atoms with van der Waals surface area (Å²) >= 11 is 3.68. The van der Waals surface area contributed by atoms with Crippen LogP contribution in [0.15, 0.2) is 78.1 Å². The van der Waals surface area contributed by atoms with E-state index in [2.05, 4.69) is 94.2 Å². The van der Waals surface area contributed by atoms with Gasteiger partial charge in [0.25, 0.3) is 0 Å². The van der Waals surface area contributed by atoms with Crippen molar-refractivity contribution in [2.75, 3.05) is 11.4 Å². The van der Waals surface area contributed by atoms with Crippen LogP contribution in [-0.4, -0.2) is 37.4 Å². The van der Waals surface area contributed by atoms with E-state index in [-0.39, 0.29) is 24.8 Å². The zero-order valence-corrected chi connectivity index (χ0v) is 21.2. The third-order valence-electron chi connectivity index (χ3n) is 5.86. The van der Waals surface area contributed by atoms with Crippen LogP contribution in [0.5, 0.6) is 0 Å². The van der Waals surface area contributed by atoms with Crippen LogP contribution in [0.25, 0.3) is 0 Å². The molecule has 0 aliphatic carbocycles. The van der Waals surface area contributed by atoms with Gasteiger partial charge < -0.3 is 14.9 Å². The lowest BCUT2D eigenvalue weighted by molar-refractivity contribution is 0.182. The number of nitrogens with zero attached hydrogens (tertiary/aromatic N) is 4. The van der Waals surface area contributed by atoms with Crippen molar-refractivity contribution in [1.82, 2.24) is 24.8 Å². The van der Waals surface area contributed by atoms with E-state index in [9.17, 15) is 0 Å². The Hall–Kier alpha value is -2.32. The maximum atomic E-state index is 4.23. The molecule has 4 aromatic rings. The highest BCUT2D eigenvalue weighted by Gasteiger charge is 2.29. The maximum absolute atomic E-state index is 4.23. The lowest BCUT2D eigenvalue weighted by Gasteiger charge is -2.32. The summed E-state index contributed by atoms with van der Waals surface area (Å²) in [5.74, 6) is 0. The lowest BCUT2D eigenvalue weighted by Crippen LogP contribution is -2.42. The van der Waals surface area contributed by atoms with Crippen LogP contribution in [0.1, 0.15) is 22.5 Å². The van der Waals surface area contributed by atoms with Crippen LogP contribution in [0.2, 0.25) is 0 Å². The number of rotatable bonds is 6. The molecule has 0 amide bonds. The molecular formula is C24H27BrCl2N6. The molecule has 2 aromatic carbocycles. The van der Waals surface area contributed by atoms with Crippen LogP contribution in [0.4, 0.5) is 5.69 Å². The summed E-state index contributed by atoms with van der Waals surface area (Å²) in [6.07, 6.45) is 8.34. The first kappa shape index (κ1) is 25.3. The van der Waals surface area contributed by atoms with Crippen LogP contribution < -0.4 is 4.90 Å². The molecule has 2 aromatic heterocycles. The number of aromatic amines is 2. The van der Waals surface area contributed by atoms with E-state index in [1.165, 1.54) is 16.8 Å².